The lowest BCUT2D eigenvalue weighted by Gasteiger charge is -2.25. The molecule has 1 fully saturated rings. The molecule has 0 spiro atoms. The first-order valence-electron chi connectivity index (χ1n) is 4.03. The largest absolute Gasteiger partial charge is 0.394 e. The van der Waals surface area contributed by atoms with Crippen LogP contribution in [0.4, 0.5) is 0 Å². The molecule has 0 radical (unpaired) electrons. The van der Waals surface area contributed by atoms with Crippen LogP contribution in [0.15, 0.2) is 0 Å². The quantitative estimate of drug-likeness (QED) is 0.616. The van der Waals surface area contributed by atoms with Crippen LogP contribution in [0.3, 0.4) is 0 Å². The monoisotopic (exact) mass is 176 g/mol. The fourth-order valence-corrected chi connectivity index (χ4v) is 1.48. The van der Waals surface area contributed by atoms with E-state index in [-0.39, 0.29) is 13.2 Å². The number of rotatable bonds is 2. The van der Waals surface area contributed by atoms with Crippen LogP contribution in [-0.4, -0.2) is 40.9 Å². The maximum Gasteiger partial charge on any atom is 0.164 e. The fraction of sp³-hybridized carbons (Fsp3) is 1.00. The van der Waals surface area contributed by atoms with E-state index in [1.807, 2.05) is 0 Å². The van der Waals surface area contributed by atoms with E-state index in [0.717, 1.165) is 0 Å². The predicted octanol–water partition coefficient (Wildman–Crippen LogP) is -0.119. The summed E-state index contributed by atoms with van der Waals surface area (Å²) in [6.45, 7) is 4.96. The van der Waals surface area contributed by atoms with Crippen molar-refractivity contribution in [1.29, 1.82) is 0 Å². The summed E-state index contributed by atoms with van der Waals surface area (Å²) in [6.07, 6.45) is -0.447. The topological polar surface area (TPSA) is 58.9 Å². The maximum absolute atomic E-state index is 9.04. The Morgan fingerprint density at radius 1 is 1.25 bits per heavy atom. The molecule has 1 rings (SSSR count). The van der Waals surface area contributed by atoms with Crippen LogP contribution in [0, 0.1) is 0 Å². The summed E-state index contributed by atoms with van der Waals surface area (Å²) in [6, 6.07) is 0. The Balaban J connectivity index is 2.76. The summed E-state index contributed by atoms with van der Waals surface area (Å²) in [7, 11) is 0. The van der Waals surface area contributed by atoms with Crippen molar-refractivity contribution in [1.82, 2.24) is 0 Å². The second kappa shape index (κ2) is 2.96. The van der Waals surface area contributed by atoms with Gasteiger partial charge in [0.15, 0.2) is 5.79 Å². The van der Waals surface area contributed by atoms with Gasteiger partial charge in [-0.05, 0) is 20.8 Å². The highest BCUT2D eigenvalue weighted by Gasteiger charge is 2.49. The molecule has 0 saturated carbocycles. The number of hydrogen-bond donors (Lipinski definition) is 2. The lowest BCUT2D eigenvalue weighted by molar-refractivity contribution is -0.167. The molecule has 2 N–H and O–H groups in total. The van der Waals surface area contributed by atoms with E-state index in [0.29, 0.717) is 0 Å². The lowest BCUT2D eigenvalue weighted by atomic mass is 10.0. The van der Waals surface area contributed by atoms with Crippen molar-refractivity contribution in [2.24, 2.45) is 0 Å². The third kappa shape index (κ3) is 1.61. The standard InChI is InChI=1S/C8H16O4/c1-7(2)11-6(4-9)8(3,5-10)12-7/h6,9-10H,4-5H2,1-3H3/t6-,8+/m1/s1. The van der Waals surface area contributed by atoms with Gasteiger partial charge in [-0.15, -0.1) is 0 Å². The van der Waals surface area contributed by atoms with Crippen LogP contribution in [0.1, 0.15) is 20.8 Å². The Morgan fingerprint density at radius 2 is 1.83 bits per heavy atom. The number of aliphatic hydroxyl groups is 2. The minimum absolute atomic E-state index is 0.138. The molecule has 2 atom stereocenters. The van der Waals surface area contributed by atoms with Gasteiger partial charge in [-0.3, -0.25) is 0 Å². The average Bonchev–Trinajstić information content (AvgIpc) is 2.22. The molecule has 1 saturated heterocycles. The van der Waals surface area contributed by atoms with Crippen LogP contribution in [0.5, 0.6) is 0 Å². The van der Waals surface area contributed by atoms with Crippen LogP contribution >= 0.6 is 0 Å². The first-order chi connectivity index (χ1) is 5.43. The van der Waals surface area contributed by atoms with Crippen molar-refractivity contribution in [2.75, 3.05) is 13.2 Å². The van der Waals surface area contributed by atoms with E-state index in [1.54, 1.807) is 20.8 Å². The van der Waals surface area contributed by atoms with E-state index in [1.165, 1.54) is 0 Å². The van der Waals surface area contributed by atoms with Crippen LogP contribution in [0.25, 0.3) is 0 Å². The van der Waals surface area contributed by atoms with Gasteiger partial charge in [0.05, 0.1) is 13.2 Å². The second-order valence-electron chi connectivity index (χ2n) is 3.76. The number of ether oxygens (including phenoxy) is 2. The third-order valence-electron chi connectivity index (χ3n) is 2.07. The van der Waals surface area contributed by atoms with Crippen molar-refractivity contribution in [3.05, 3.63) is 0 Å². The smallest absolute Gasteiger partial charge is 0.164 e. The highest BCUT2D eigenvalue weighted by atomic mass is 16.8. The first-order valence-corrected chi connectivity index (χ1v) is 4.03. The molecule has 0 aliphatic carbocycles. The molecule has 0 aromatic rings. The summed E-state index contributed by atoms with van der Waals surface area (Å²) >= 11 is 0. The Labute approximate surface area is 72.1 Å². The van der Waals surface area contributed by atoms with Crippen LogP contribution in [0.2, 0.25) is 0 Å². The summed E-state index contributed by atoms with van der Waals surface area (Å²) < 4.78 is 10.8. The van der Waals surface area contributed by atoms with Crippen molar-refractivity contribution < 1.29 is 19.7 Å². The van der Waals surface area contributed by atoms with Gasteiger partial charge in [-0.25, -0.2) is 0 Å². The molecule has 0 amide bonds. The molecule has 0 bridgehead atoms. The van der Waals surface area contributed by atoms with Gasteiger partial charge in [0.25, 0.3) is 0 Å². The van der Waals surface area contributed by atoms with Crippen molar-refractivity contribution in [2.45, 2.75) is 38.3 Å². The van der Waals surface area contributed by atoms with E-state index < -0.39 is 17.5 Å². The summed E-state index contributed by atoms with van der Waals surface area (Å²) in [5, 5.41) is 18.0. The van der Waals surface area contributed by atoms with E-state index in [9.17, 15) is 0 Å². The molecule has 4 heteroatoms. The molecule has 72 valence electrons. The molecule has 0 aromatic heterocycles. The minimum atomic E-state index is -0.780. The zero-order chi connectivity index (χ0) is 9.41. The van der Waals surface area contributed by atoms with Crippen molar-refractivity contribution in [3.63, 3.8) is 0 Å². The van der Waals surface area contributed by atoms with E-state index >= 15 is 0 Å². The number of aliphatic hydroxyl groups excluding tert-OH is 2. The van der Waals surface area contributed by atoms with Gasteiger partial charge in [-0.1, -0.05) is 0 Å². The zero-order valence-electron chi connectivity index (χ0n) is 7.70. The first kappa shape index (κ1) is 9.92. The molecule has 1 aliphatic heterocycles. The Morgan fingerprint density at radius 3 is 2.17 bits per heavy atom. The van der Waals surface area contributed by atoms with E-state index in [2.05, 4.69) is 0 Å². The molecule has 1 heterocycles. The van der Waals surface area contributed by atoms with Gasteiger partial charge in [0.2, 0.25) is 0 Å². The van der Waals surface area contributed by atoms with Crippen LogP contribution < -0.4 is 0 Å². The van der Waals surface area contributed by atoms with Gasteiger partial charge >= 0.3 is 0 Å². The molecular formula is C8H16O4. The lowest BCUT2D eigenvalue weighted by Crippen LogP contribution is -2.42. The van der Waals surface area contributed by atoms with Crippen molar-refractivity contribution in [3.8, 4) is 0 Å². The predicted molar refractivity (Wildman–Crippen MR) is 42.6 cm³/mol. The molecule has 1 aliphatic rings. The average molecular weight is 176 g/mol. The minimum Gasteiger partial charge on any atom is -0.394 e. The third-order valence-corrected chi connectivity index (χ3v) is 2.07. The second-order valence-corrected chi connectivity index (χ2v) is 3.76. The SMILES string of the molecule is CC1(C)O[C@H](CO)[C@](C)(CO)O1. The Kier molecular flexibility index (Phi) is 2.45. The molecule has 4 nitrogen and oxygen atoms in total. The summed E-state index contributed by atoms with van der Waals surface area (Å²) in [5.41, 5.74) is -0.780. The van der Waals surface area contributed by atoms with Gasteiger partial charge < -0.3 is 19.7 Å². The van der Waals surface area contributed by atoms with Gasteiger partial charge in [0.1, 0.15) is 11.7 Å². The highest BCUT2D eigenvalue weighted by molar-refractivity contribution is 4.91. The Bertz CT molecular complexity index is 168. The fourth-order valence-electron chi connectivity index (χ4n) is 1.48. The normalized spacial score (nSPS) is 40.2. The van der Waals surface area contributed by atoms with Crippen LogP contribution in [-0.2, 0) is 9.47 Å². The van der Waals surface area contributed by atoms with Crippen molar-refractivity contribution >= 4 is 0 Å². The van der Waals surface area contributed by atoms with Gasteiger partial charge in [-0.2, -0.15) is 0 Å². The molecule has 12 heavy (non-hydrogen) atoms. The summed E-state index contributed by atoms with van der Waals surface area (Å²) in [5.74, 6) is -0.717. The Hall–Kier alpha value is -0.160. The molecule has 0 aromatic carbocycles. The van der Waals surface area contributed by atoms with Gasteiger partial charge in [0, 0.05) is 0 Å². The highest BCUT2D eigenvalue weighted by Crippen LogP contribution is 2.35. The molecule has 0 unspecified atom stereocenters. The number of hydrogen-bond acceptors (Lipinski definition) is 4. The zero-order valence-corrected chi connectivity index (χ0v) is 7.70. The molecular weight excluding hydrogens is 160 g/mol. The van der Waals surface area contributed by atoms with E-state index in [4.69, 9.17) is 19.7 Å². The maximum atomic E-state index is 9.04. The summed E-state index contributed by atoms with van der Waals surface area (Å²) in [4.78, 5) is 0.